The summed E-state index contributed by atoms with van der Waals surface area (Å²) in [5, 5.41) is 12.0. The van der Waals surface area contributed by atoms with Crippen LogP contribution in [0.2, 0.25) is 0 Å². The minimum atomic E-state index is -3.86. The van der Waals surface area contributed by atoms with Gasteiger partial charge in [-0.25, -0.2) is 8.42 Å². The molecule has 1 heterocycles. The molecule has 1 unspecified atom stereocenters. The number of ether oxygens (including phenoxy) is 1. The van der Waals surface area contributed by atoms with Crippen molar-refractivity contribution in [1.82, 2.24) is 0 Å². The number of carbonyl (C=O) groups excluding carboxylic acids is 1. The van der Waals surface area contributed by atoms with Crippen molar-refractivity contribution >= 4 is 27.3 Å². The summed E-state index contributed by atoms with van der Waals surface area (Å²) in [6.45, 7) is 1.60. The second-order valence-electron chi connectivity index (χ2n) is 5.06. The van der Waals surface area contributed by atoms with Gasteiger partial charge in [-0.05, 0) is 37.3 Å². The number of rotatable bonds is 3. The minimum Gasteiger partial charge on any atom is -0.508 e. The Labute approximate surface area is 133 Å². The lowest BCUT2D eigenvalue weighted by molar-refractivity contribution is -0.122. The molecule has 8 heteroatoms. The van der Waals surface area contributed by atoms with Gasteiger partial charge >= 0.3 is 0 Å². The summed E-state index contributed by atoms with van der Waals surface area (Å²) in [5.41, 5.74) is 0.531. The number of hydrogen-bond acceptors (Lipinski definition) is 5. The van der Waals surface area contributed by atoms with Gasteiger partial charge in [0.2, 0.25) is 0 Å². The van der Waals surface area contributed by atoms with E-state index in [9.17, 15) is 18.3 Å². The molecule has 3 N–H and O–H groups in total. The number of anilines is 2. The van der Waals surface area contributed by atoms with E-state index in [2.05, 4.69) is 10.0 Å². The van der Waals surface area contributed by atoms with Crippen molar-refractivity contribution in [2.75, 3.05) is 10.0 Å². The molecule has 7 nitrogen and oxygen atoms in total. The third kappa shape index (κ3) is 3.07. The number of hydrogen-bond donors (Lipinski definition) is 3. The average Bonchev–Trinajstić information content (AvgIpc) is 2.47. The van der Waals surface area contributed by atoms with Gasteiger partial charge in [-0.15, -0.1) is 0 Å². The zero-order chi connectivity index (χ0) is 16.6. The van der Waals surface area contributed by atoms with Crippen molar-refractivity contribution in [3.8, 4) is 11.5 Å². The van der Waals surface area contributed by atoms with Crippen LogP contribution in [-0.4, -0.2) is 25.5 Å². The van der Waals surface area contributed by atoms with Crippen molar-refractivity contribution in [3.63, 3.8) is 0 Å². The number of carbonyl (C=O) groups is 1. The molecule has 1 amide bonds. The normalized spacial score (nSPS) is 16.9. The van der Waals surface area contributed by atoms with Gasteiger partial charge in [0.05, 0.1) is 16.3 Å². The number of benzene rings is 2. The van der Waals surface area contributed by atoms with Crippen LogP contribution in [0.1, 0.15) is 6.92 Å². The molecule has 0 fully saturated rings. The molecule has 1 atom stereocenters. The first kappa shape index (κ1) is 15.2. The van der Waals surface area contributed by atoms with Crippen LogP contribution in [0.15, 0.2) is 47.4 Å². The Balaban J connectivity index is 1.92. The van der Waals surface area contributed by atoms with Crippen LogP contribution in [0.25, 0.3) is 0 Å². The Hall–Kier alpha value is -2.74. The molecular weight excluding hydrogens is 320 g/mol. The number of aromatic hydroxyl groups is 1. The molecule has 0 spiro atoms. The molecule has 2 aromatic carbocycles. The molecule has 2 aromatic rings. The SMILES string of the molecule is CC1Oc2ccc(S(=O)(=O)Nc3cccc(O)c3)cc2NC1=O. The number of phenolic OH excluding ortho intramolecular Hbond substituents is 1. The molecule has 1 aliphatic rings. The van der Waals surface area contributed by atoms with Gasteiger partial charge in [-0.1, -0.05) is 6.07 Å². The largest absolute Gasteiger partial charge is 0.508 e. The maximum Gasteiger partial charge on any atom is 0.265 e. The first-order valence-corrected chi connectivity index (χ1v) is 8.27. The minimum absolute atomic E-state index is 0.0296. The van der Waals surface area contributed by atoms with Crippen LogP contribution < -0.4 is 14.8 Å². The average molecular weight is 334 g/mol. The van der Waals surface area contributed by atoms with E-state index in [-0.39, 0.29) is 22.2 Å². The summed E-state index contributed by atoms with van der Waals surface area (Å²) in [4.78, 5) is 11.6. The Morgan fingerprint density at radius 2 is 2.00 bits per heavy atom. The molecule has 0 aromatic heterocycles. The summed E-state index contributed by atoms with van der Waals surface area (Å²) in [6, 6.07) is 9.96. The van der Waals surface area contributed by atoms with Crippen molar-refractivity contribution in [2.24, 2.45) is 0 Å². The van der Waals surface area contributed by atoms with E-state index in [0.717, 1.165) is 0 Å². The fraction of sp³-hybridized carbons (Fsp3) is 0.133. The molecule has 23 heavy (non-hydrogen) atoms. The van der Waals surface area contributed by atoms with Gasteiger partial charge in [-0.3, -0.25) is 9.52 Å². The quantitative estimate of drug-likeness (QED) is 0.795. The van der Waals surface area contributed by atoms with Gasteiger partial charge in [0.15, 0.2) is 6.10 Å². The van der Waals surface area contributed by atoms with E-state index < -0.39 is 16.1 Å². The van der Waals surface area contributed by atoms with E-state index in [0.29, 0.717) is 11.4 Å². The summed E-state index contributed by atoms with van der Waals surface area (Å²) in [6.07, 6.45) is -0.629. The lowest BCUT2D eigenvalue weighted by atomic mass is 10.2. The van der Waals surface area contributed by atoms with E-state index >= 15 is 0 Å². The summed E-state index contributed by atoms with van der Waals surface area (Å²) < 4.78 is 32.5. The van der Waals surface area contributed by atoms with Gasteiger partial charge in [-0.2, -0.15) is 0 Å². The van der Waals surface area contributed by atoms with E-state index in [1.54, 1.807) is 6.92 Å². The second kappa shape index (κ2) is 5.47. The Morgan fingerprint density at radius 3 is 2.74 bits per heavy atom. The first-order chi connectivity index (χ1) is 10.8. The molecule has 0 aliphatic carbocycles. The molecule has 1 aliphatic heterocycles. The van der Waals surface area contributed by atoms with Crippen molar-refractivity contribution in [1.29, 1.82) is 0 Å². The van der Waals surface area contributed by atoms with Crippen LogP contribution in [0, 0.1) is 0 Å². The highest BCUT2D eigenvalue weighted by atomic mass is 32.2. The topological polar surface area (TPSA) is 105 Å². The van der Waals surface area contributed by atoms with E-state index in [1.165, 1.54) is 42.5 Å². The fourth-order valence-electron chi connectivity index (χ4n) is 2.14. The Kier molecular flexibility index (Phi) is 3.61. The number of sulfonamides is 1. The number of fused-ring (bicyclic) bond motifs is 1. The summed E-state index contributed by atoms with van der Waals surface area (Å²) >= 11 is 0. The molecule has 0 bridgehead atoms. The second-order valence-corrected chi connectivity index (χ2v) is 6.75. The summed E-state index contributed by atoms with van der Waals surface area (Å²) in [7, 11) is -3.86. The lowest BCUT2D eigenvalue weighted by Gasteiger charge is -2.23. The van der Waals surface area contributed by atoms with Crippen LogP contribution in [0.3, 0.4) is 0 Å². The highest BCUT2D eigenvalue weighted by Gasteiger charge is 2.25. The zero-order valence-corrected chi connectivity index (χ0v) is 12.9. The van der Waals surface area contributed by atoms with Gasteiger partial charge in [0.1, 0.15) is 11.5 Å². The van der Waals surface area contributed by atoms with Crippen LogP contribution in [-0.2, 0) is 14.8 Å². The van der Waals surface area contributed by atoms with Gasteiger partial charge in [0, 0.05) is 6.07 Å². The standard InChI is InChI=1S/C15H14N2O5S/c1-9-15(19)16-13-8-12(5-6-14(13)22-9)23(20,21)17-10-3-2-4-11(18)7-10/h2-9,17-18H,1H3,(H,16,19). The molecular formula is C15H14N2O5S. The highest BCUT2D eigenvalue weighted by Crippen LogP contribution is 2.32. The van der Waals surface area contributed by atoms with Gasteiger partial charge in [0.25, 0.3) is 15.9 Å². The van der Waals surface area contributed by atoms with E-state index in [1.807, 2.05) is 0 Å². The Bertz CT molecular complexity index is 879. The third-order valence-corrected chi connectivity index (χ3v) is 4.67. The molecule has 0 saturated heterocycles. The fourth-order valence-corrected chi connectivity index (χ4v) is 3.21. The maximum absolute atomic E-state index is 12.4. The monoisotopic (exact) mass is 334 g/mol. The smallest absolute Gasteiger partial charge is 0.265 e. The zero-order valence-electron chi connectivity index (χ0n) is 12.1. The summed E-state index contributed by atoms with van der Waals surface area (Å²) in [5.74, 6) is 0.0201. The Morgan fingerprint density at radius 1 is 1.22 bits per heavy atom. The molecule has 3 rings (SSSR count). The van der Waals surface area contributed by atoms with Gasteiger partial charge < -0.3 is 15.2 Å². The van der Waals surface area contributed by atoms with Crippen LogP contribution in [0.4, 0.5) is 11.4 Å². The van der Waals surface area contributed by atoms with Crippen molar-refractivity contribution in [2.45, 2.75) is 17.9 Å². The first-order valence-electron chi connectivity index (χ1n) is 6.78. The molecule has 120 valence electrons. The third-order valence-electron chi connectivity index (χ3n) is 3.29. The number of amides is 1. The number of nitrogens with one attached hydrogen (secondary N) is 2. The van der Waals surface area contributed by atoms with Crippen molar-refractivity contribution in [3.05, 3.63) is 42.5 Å². The number of phenols is 1. The van der Waals surface area contributed by atoms with Crippen LogP contribution in [0.5, 0.6) is 11.5 Å². The molecule has 0 radical (unpaired) electrons. The lowest BCUT2D eigenvalue weighted by Crippen LogP contribution is -2.34. The van der Waals surface area contributed by atoms with Crippen molar-refractivity contribution < 1.29 is 23.1 Å². The van der Waals surface area contributed by atoms with E-state index in [4.69, 9.17) is 4.74 Å². The van der Waals surface area contributed by atoms with Crippen LogP contribution >= 0.6 is 0 Å². The molecule has 0 saturated carbocycles. The highest BCUT2D eigenvalue weighted by molar-refractivity contribution is 7.92. The maximum atomic E-state index is 12.4. The predicted molar refractivity (Wildman–Crippen MR) is 84.1 cm³/mol. The predicted octanol–water partition coefficient (Wildman–Crippen LogP) is 1.91.